The molecular formula is C16H29NO2. The minimum Gasteiger partial charge on any atom is -0.494 e. The Bertz CT molecular complexity index is 377. The fraction of sp³-hybridized carbons (Fsp3) is 0.750. The molecule has 0 amide bonds. The van der Waals surface area contributed by atoms with Gasteiger partial charge in [-0.2, -0.15) is 0 Å². The van der Waals surface area contributed by atoms with Gasteiger partial charge in [0, 0.05) is 7.11 Å². The summed E-state index contributed by atoms with van der Waals surface area (Å²) in [6.07, 6.45) is 4.44. The van der Waals surface area contributed by atoms with Crippen LogP contribution in [0.4, 0.5) is 0 Å². The van der Waals surface area contributed by atoms with Crippen molar-refractivity contribution in [3.63, 3.8) is 0 Å². The number of rotatable bonds is 5. The second-order valence-corrected chi connectivity index (χ2v) is 6.39. The van der Waals surface area contributed by atoms with Gasteiger partial charge in [-0.1, -0.05) is 20.8 Å². The molecule has 0 saturated carbocycles. The molecule has 0 aromatic heterocycles. The van der Waals surface area contributed by atoms with Gasteiger partial charge in [0.2, 0.25) is 0 Å². The molecule has 3 nitrogen and oxygen atoms in total. The summed E-state index contributed by atoms with van der Waals surface area (Å²) in [6, 6.07) is 0. The van der Waals surface area contributed by atoms with E-state index in [9.17, 15) is 0 Å². The van der Waals surface area contributed by atoms with Crippen molar-refractivity contribution in [2.75, 3.05) is 27.8 Å². The predicted molar refractivity (Wildman–Crippen MR) is 80.1 cm³/mol. The normalized spacial score (nSPS) is 25.3. The molecule has 0 aromatic rings. The maximum atomic E-state index is 5.73. The molecule has 3 heteroatoms. The highest BCUT2D eigenvalue weighted by Crippen LogP contribution is 2.45. The number of likely N-dealkylation sites (N-methyl/N-ethyl adjacent to an activating group) is 1. The number of allylic oxidation sites excluding steroid dienone is 1. The van der Waals surface area contributed by atoms with E-state index in [0.29, 0.717) is 6.61 Å². The molecule has 1 rings (SSSR count). The van der Waals surface area contributed by atoms with Crippen LogP contribution >= 0.6 is 0 Å². The third kappa shape index (κ3) is 2.87. The Morgan fingerprint density at radius 2 is 1.89 bits per heavy atom. The van der Waals surface area contributed by atoms with Crippen molar-refractivity contribution in [2.45, 2.75) is 46.3 Å². The van der Waals surface area contributed by atoms with Crippen LogP contribution in [-0.4, -0.2) is 44.4 Å². The fourth-order valence-electron chi connectivity index (χ4n) is 2.91. The van der Waals surface area contributed by atoms with Crippen LogP contribution in [0.15, 0.2) is 23.5 Å². The highest BCUT2D eigenvalue weighted by Gasteiger charge is 2.48. The number of hydrogen-bond donors (Lipinski definition) is 0. The molecule has 0 spiro atoms. The van der Waals surface area contributed by atoms with Crippen LogP contribution in [0.25, 0.3) is 0 Å². The fourth-order valence-corrected chi connectivity index (χ4v) is 2.91. The van der Waals surface area contributed by atoms with Gasteiger partial charge < -0.3 is 9.47 Å². The Balaban J connectivity index is 3.36. The van der Waals surface area contributed by atoms with Crippen molar-refractivity contribution in [3.8, 4) is 0 Å². The molecule has 0 aliphatic heterocycles. The second-order valence-electron chi connectivity index (χ2n) is 6.39. The maximum Gasteiger partial charge on any atom is 0.117 e. The number of hydrogen-bond acceptors (Lipinski definition) is 3. The third-order valence-corrected chi connectivity index (χ3v) is 3.91. The number of ether oxygens (including phenoxy) is 2. The third-order valence-electron chi connectivity index (χ3n) is 3.91. The van der Waals surface area contributed by atoms with Crippen molar-refractivity contribution in [1.29, 1.82) is 0 Å². The lowest BCUT2D eigenvalue weighted by molar-refractivity contribution is 0.0150. The van der Waals surface area contributed by atoms with Gasteiger partial charge in [-0.25, -0.2) is 0 Å². The Labute approximate surface area is 118 Å². The van der Waals surface area contributed by atoms with E-state index < -0.39 is 0 Å². The van der Waals surface area contributed by atoms with Crippen molar-refractivity contribution in [2.24, 2.45) is 5.41 Å². The highest BCUT2D eigenvalue weighted by atomic mass is 16.5. The molecule has 110 valence electrons. The minimum absolute atomic E-state index is 0.0610. The first kappa shape index (κ1) is 16.3. The lowest BCUT2D eigenvalue weighted by atomic mass is 9.73. The largest absolute Gasteiger partial charge is 0.494 e. The first-order valence-electron chi connectivity index (χ1n) is 6.98. The quantitative estimate of drug-likeness (QED) is 0.763. The Kier molecular flexibility index (Phi) is 4.86. The van der Waals surface area contributed by atoms with E-state index in [4.69, 9.17) is 9.47 Å². The molecule has 1 aliphatic carbocycles. The van der Waals surface area contributed by atoms with Gasteiger partial charge in [0.25, 0.3) is 0 Å². The predicted octanol–water partition coefficient (Wildman–Crippen LogP) is 3.23. The van der Waals surface area contributed by atoms with Crippen LogP contribution in [0.2, 0.25) is 0 Å². The summed E-state index contributed by atoms with van der Waals surface area (Å²) >= 11 is 0. The molecule has 0 N–H and O–H groups in total. The second kappa shape index (κ2) is 5.68. The molecule has 19 heavy (non-hydrogen) atoms. The monoisotopic (exact) mass is 267 g/mol. The SMILES string of the molecule is CCOC1=CC(C(C)OC)(N(C)C)C(C(C)(C)C)=C1. The first-order valence-corrected chi connectivity index (χ1v) is 6.98. The molecule has 0 heterocycles. The molecule has 0 fully saturated rings. The van der Waals surface area contributed by atoms with E-state index >= 15 is 0 Å². The summed E-state index contributed by atoms with van der Waals surface area (Å²) in [6.45, 7) is 11.5. The number of nitrogens with zero attached hydrogens (tertiary/aromatic N) is 1. The molecule has 0 radical (unpaired) electrons. The first-order chi connectivity index (χ1) is 8.70. The lowest BCUT2D eigenvalue weighted by Crippen LogP contribution is -2.54. The van der Waals surface area contributed by atoms with Crippen LogP contribution in [0.3, 0.4) is 0 Å². The molecule has 2 atom stereocenters. The molecule has 1 aliphatic rings. The van der Waals surface area contributed by atoms with Crippen LogP contribution < -0.4 is 0 Å². The van der Waals surface area contributed by atoms with Gasteiger partial charge in [-0.15, -0.1) is 0 Å². The average Bonchev–Trinajstić information content (AvgIpc) is 2.69. The summed E-state index contributed by atoms with van der Waals surface area (Å²) in [7, 11) is 5.96. The Hall–Kier alpha value is -0.800. The summed E-state index contributed by atoms with van der Waals surface area (Å²) in [5, 5.41) is 0. The van der Waals surface area contributed by atoms with Gasteiger partial charge in [0.1, 0.15) is 5.76 Å². The zero-order chi connectivity index (χ0) is 14.8. The summed E-state index contributed by atoms with van der Waals surface area (Å²) in [5.74, 6) is 0.949. The zero-order valence-electron chi connectivity index (χ0n) is 13.7. The molecular weight excluding hydrogens is 238 g/mol. The Morgan fingerprint density at radius 1 is 1.32 bits per heavy atom. The zero-order valence-corrected chi connectivity index (χ0v) is 13.7. The van der Waals surface area contributed by atoms with E-state index in [1.165, 1.54) is 5.57 Å². The Morgan fingerprint density at radius 3 is 2.26 bits per heavy atom. The van der Waals surface area contributed by atoms with Crippen LogP contribution in [-0.2, 0) is 9.47 Å². The molecule has 0 saturated heterocycles. The minimum atomic E-state index is -0.239. The highest BCUT2D eigenvalue weighted by molar-refractivity contribution is 5.46. The van der Waals surface area contributed by atoms with Crippen molar-refractivity contribution >= 4 is 0 Å². The van der Waals surface area contributed by atoms with Gasteiger partial charge >= 0.3 is 0 Å². The summed E-state index contributed by atoms with van der Waals surface area (Å²) < 4.78 is 11.4. The summed E-state index contributed by atoms with van der Waals surface area (Å²) in [5.41, 5.74) is 1.16. The van der Waals surface area contributed by atoms with Crippen molar-refractivity contribution in [3.05, 3.63) is 23.5 Å². The topological polar surface area (TPSA) is 21.7 Å². The van der Waals surface area contributed by atoms with Crippen LogP contribution in [0, 0.1) is 5.41 Å². The molecule has 0 bridgehead atoms. The van der Waals surface area contributed by atoms with E-state index in [1.54, 1.807) is 7.11 Å². The van der Waals surface area contributed by atoms with Gasteiger partial charge in [-0.3, -0.25) is 4.90 Å². The maximum absolute atomic E-state index is 5.73. The van der Waals surface area contributed by atoms with Gasteiger partial charge in [-0.05, 0) is 51.1 Å². The molecule has 2 unspecified atom stereocenters. The smallest absolute Gasteiger partial charge is 0.117 e. The van der Waals surface area contributed by atoms with Gasteiger partial charge in [0.15, 0.2) is 0 Å². The van der Waals surface area contributed by atoms with Crippen LogP contribution in [0.1, 0.15) is 34.6 Å². The van der Waals surface area contributed by atoms with Crippen molar-refractivity contribution < 1.29 is 9.47 Å². The lowest BCUT2D eigenvalue weighted by Gasteiger charge is -2.45. The van der Waals surface area contributed by atoms with Crippen LogP contribution in [0.5, 0.6) is 0 Å². The average molecular weight is 267 g/mol. The number of methoxy groups -OCH3 is 1. The van der Waals surface area contributed by atoms with E-state index in [-0.39, 0.29) is 17.1 Å². The van der Waals surface area contributed by atoms with E-state index in [2.05, 4.69) is 58.8 Å². The van der Waals surface area contributed by atoms with E-state index in [0.717, 1.165) is 5.76 Å². The standard InChI is InChI=1S/C16H29NO2/c1-9-19-13-10-14(15(3,4)5)16(11-13,17(6)7)12(2)18-8/h10-12H,9H2,1-8H3. The summed E-state index contributed by atoms with van der Waals surface area (Å²) in [4.78, 5) is 2.23. The molecule has 0 aromatic carbocycles. The van der Waals surface area contributed by atoms with Gasteiger partial charge in [0.05, 0.1) is 18.2 Å². The van der Waals surface area contributed by atoms with E-state index in [1.807, 2.05) is 6.92 Å². The van der Waals surface area contributed by atoms with Crippen molar-refractivity contribution in [1.82, 2.24) is 4.90 Å².